The molecule has 1 saturated heterocycles. The molecule has 1 atom stereocenters. The fourth-order valence-corrected chi connectivity index (χ4v) is 1.83. The molecular formula is C11H13ClFNO. The first-order chi connectivity index (χ1) is 7.25. The third-order valence-corrected chi connectivity index (χ3v) is 2.75. The molecule has 1 aromatic carbocycles. The van der Waals surface area contributed by atoms with Crippen molar-refractivity contribution in [2.24, 2.45) is 0 Å². The molecule has 82 valence electrons. The van der Waals surface area contributed by atoms with Gasteiger partial charge in [0.25, 0.3) is 0 Å². The lowest BCUT2D eigenvalue weighted by Gasteiger charge is -2.24. The first kappa shape index (κ1) is 10.7. The Labute approximate surface area is 93.4 Å². The number of hydrogen-bond acceptors (Lipinski definition) is 2. The van der Waals surface area contributed by atoms with Crippen LogP contribution in [0.3, 0.4) is 0 Å². The lowest BCUT2D eigenvalue weighted by Crippen LogP contribution is -2.37. The van der Waals surface area contributed by atoms with Crippen LogP contribution in [0.2, 0.25) is 5.02 Å². The molecule has 0 radical (unpaired) electrons. The van der Waals surface area contributed by atoms with Gasteiger partial charge in [-0.05, 0) is 31.5 Å². The van der Waals surface area contributed by atoms with Gasteiger partial charge in [0.15, 0.2) is 0 Å². The average Bonchev–Trinajstić information content (AvgIpc) is 2.25. The Hall–Kier alpha value is -0.800. The van der Waals surface area contributed by atoms with Gasteiger partial charge in [-0.3, -0.25) is 0 Å². The summed E-state index contributed by atoms with van der Waals surface area (Å²) in [7, 11) is 0. The second kappa shape index (κ2) is 4.81. The molecule has 2 nitrogen and oxygen atoms in total. The normalized spacial score (nSPS) is 21.3. The first-order valence-electron chi connectivity index (χ1n) is 5.08. The van der Waals surface area contributed by atoms with Crippen LogP contribution in [0.1, 0.15) is 12.8 Å². The van der Waals surface area contributed by atoms with Gasteiger partial charge in [0.1, 0.15) is 17.7 Å². The minimum Gasteiger partial charge on any atom is -0.487 e. The first-order valence-corrected chi connectivity index (χ1v) is 5.46. The van der Waals surface area contributed by atoms with Crippen LogP contribution in [0.15, 0.2) is 18.2 Å². The molecule has 1 N–H and O–H groups in total. The van der Waals surface area contributed by atoms with E-state index in [0.717, 1.165) is 25.9 Å². The van der Waals surface area contributed by atoms with Crippen LogP contribution in [-0.4, -0.2) is 19.2 Å². The Morgan fingerprint density at radius 1 is 1.47 bits per heavy atom. The zero-order chi connectivity index (χ0) is 10.7. The minimum atomic E-state index is -0.321. The van der Waals surface area contributed by atoms with Gasteiger partial charge in [-0.25, -0.2) is 4.39 Å². The zero-order valence-corrected chi connectivity index (χ0v) is 9.06. The Kier molecular flexibility index (Phi) is 3.44. The lowest BCUT2D eigenvalue weighted by molar-refractivity contribution is 0.166. The highest BCUT2D eigenvalue weighted by Gasteiger charge is 2.15. The second-order valence-corrected chi connectivity index (χ2v) is 4.07. The van der Waals surface area contributed by atoms with Crippen molar-refractivity contribution in [3.05, 3.63) is 29.0 Å². The Bertz CT molecular complexity index is 339. The number of rotatable bonds is 2. The molecule has 0 spiro atoms. The molecule has 0 unspecified atom stereocenters. The van der Waals surface area contributed by atoms with Gasteiger partial charge < -0.3 is 10.1 Å². The van der Waals surface area contributed by atoms with Crippen LogP contribution in [0.25, 0.3) is 0 Å². The lowest BCUT2D eigenvalue weighted by atomic mass is 10.1. The van der Waals surface area contributed by atoms with Gasteiger partial charge in [0, 0.05) is 12.6 Å². The van der Waals surface area contributed by atoms with E-state index in [1.165, 1.54) is 18.2 Å². The van der Waals surface area contributed by atoms with Gasteiger partial charge in [-0.2, -0.15) is 0 Å². The van der Waals surface area contributed by atoms with E-state index in [2.05, 4.69) is 5.32 Å². The molecule has 0 aliphatic carbocycles. The van der Waals surface area contributed by atoms with E-state index >= 15 is 0 Å². The van der Waals surface area contributed by atoms with E-state index in [-0.39, 0.29) is 11.9 Å². The van der Waals surface area contributed by atoms with E-state index in [9.17, 15) is 4.39 Å². The zero-order valence-electron chi connectivity index (χ0n) is 8.30. The predicted octanol–water partition coefficient (Wildman–Crippen LogP) is 2.61. The summed E-state index contributed by atoms with van der Waals surface area (Å²) in [6.45, 7) is 1.82. The van der Waals surface area contributed by atoms with Crippen LogP contribution in [-0.2, 0) is 0 Å². The Morgan fingerprint density at radius 3 is 3.07 bits per heavy atom. The van der Waals surface area contributed by atoms with Crippen molar-refractivity contribution in [3.63, 3.8) is 0 Å². The predicted molar refractivity (Wildman–Crippen MR) is 57.9 cm³/mol. The molecule has 1 heterocycles. The fourth-order valence-electron chi connectivity index (χ4n) is 1.67. The molecule has 0 saturated carbocycles. The van der Waals surface area contributed by atoms with Crippen molar-refractivity contribution in [2.75, 3.05) is 13.1 Å². The van der Waals surface area contributed by atoms with E-state index in [1.807, 2.05) is 0 Å². The smallest absolute Gasteiger partial charge is 0.141 e. The molecule has 2 rings (SSSR count). The average molecular weight is 230 g/mol. The van der Waals surface area contributed by atoms with Crippen LogP contribution < -0.4 is 10.1 Å². The van der Waals surface area contributed by atoms with Crippen molar-refractivity contribution >= 4 is 11.6 Å². The van der Waals surface area contributed by atoms with Crippen LogP contribution >= 0.6 is 11.6 Å². The molecule has 4 heteroatoms. The molecule has 1 aliphatic heterocycles. The van der Waals surface area contributed by atoms with Gasteiger partial charge in [-0.1, -0.05) is 11.6 Å². The largest absolute Gasteiger partial charge is 0.487 e. The number of hydrogen-bond donors (Lipinski definition) is 1. The Balaban J connectivity index is 2.05. The summed E-state index contributed by atoms with van der Waals surface area (Å²) in [6.07, 6.45) is 2.16. The maximum Gasteiger partial charge on any atom is 0.141 e. The van der Waals surface area contributed by atoms with Gasteiger partial charge >= 0.3 is 0 Å². The van der Waals surface area contributed by atoms with Crippen molar-refractivity contribution in [2.45, 2.75) is 18.9 Å². The SMILES string of the molecule is Fc1ccc(Cl)c(O[C@H]2CCCNC2)c1. The van der Waals surface area contributed by atoms with E-state index < -0.39 is 0 Å². The molecule has 0 bridgehead atoms. The van der Waals surface area contributed by atoms with Crippen molar-refractivity contribution in [1.29, 1.82) is 0 Å². The van der Waals surface area contributed by atoms with E-state index in [1.54, 1.807) is 0 Å². The number of piperidine rings is 1. The van der Waals surface area contributed by atoms with Gasteiger partial charge in [0.05, 0.1) is 5.02 Å². The topological polar surface area (TPSA) is 21.3 Å². The van der Waals surface area contributed by atoms with Crippen molar-refractivity contribution in [1.82, 2.24) is 5.32 Å². The van der Waals surface area contributed by atoms with Gasteiger partial charge in [0.2, 0.25) is 0 Å². The van der Waals surface area contributed by atoms with Crippen molar-refractivity contribution < 1.29 is 9.13 Å². The quantitative estimate of drug-likeness (QED) is 0.842. The summed E-state index contributed by atoms with van der Waals surface area (Å²) in [5.74, 6) is 0.114. The minimum absolute atomic E-state index is 0.0954. The summed E-state index contributed by atoms with van der Waals surface area (Å²) < 4.78 is 18.6. The highest BCUT2D eigenvalue weighted by Crippen LogP contribution is 2.26. The van der Waals surface area contributed by atoms with Crippen molar-refractivity contribution in [3.8, 4) is 5.75 Å². The molecule has 0 aromatic heterocycles. The monoisotopic (exact) mass is 229 g/mol. The summed E-state index contributed by atoms with van der Waals surface area (Å²) >= 11 is 5.90. The molecular weight excluding hydrogens is 217 g/mol. The van der Waals surface area contributed by atoms with Crippen LogP contribution in [0.4, 0.5) is 4.39 Å². The molecule has 1 aliphatic rings. The number of halogens is 2. The summed E-state index contributed by atoms with van der Waals surface area (Å²) in [6, 6.07) is 4.17. The standard InChI is InChI=1S/C11H13ClFNO/c12-10-4-3-8(13)6-11(10)15-9-2-1-5-14-7-9/h3-4,6,9,14H,1-2,5,7H2/t9-/m0/s1. The molecule has 1 aromatic rings. The number of ether oxygens (including phenoxy) is 1. The third-order valence-electron chi connectivity index (χ3n) is 2.44. The highest BCUT2D eigenvalue weighted by molar-refractivity contribution is 6.32. The van der Waals surface area contributed by atoms with E-state index in [4.69, 9.17) is 16.3 Å². The second-order valence-electron chi connectivity index (χ2n) is 3.66. The summed E-state index contributed by atoms with van der Waals surface area (Å²) in [4.78, 5) is 0. The maximum atomic E-state index is 12.9. The van der Waals surface area contributed by atoms with E-state index in [0.29, 0.717) is 10.8 Å². The molecule has 0 amide bonds. The number of benzene rings is 1. The summed E-state index contributed by atoms with van der Waals surface area (Å²) in [5.41, 5.74) is 0. The fraction of sp³-hybridized carbons (Fsp3) is 0.455. The molecule has 1 fully saturated rings. The Morgan fingerprint density at radius 2 is 2.33 bits per heavy atom. The highest BCUT2D eigenvalue weighted by atomic mass is 35.5. The third kappa shape index (κ3) is 2.83. The van der Waals surface area contributed by atoms with Crippen LogP contribution in [0, 0.1) is 5.82 Å². The maximum absolute atomic E-state index is 12.9. The number of nitrogens with one attached hydrogen (secondary N) is 1. The summed E-state index contributed by atoms with van der Waals surface area (Å²) in [5, 5.41) is 3.69. The van der Waals surface area contributed by atoms with Gasteiger partial charge in [-0.15, -0.1) is 0 Å². The van der Waals surface area contributed by atoms with Crippen LogP contribution in [0.5, 0.6) is 5.75 Å². The molecule has 15 heavy (non-hydrogen) atoms.